The van der Waals surface area contributed by atoms with E-state index in [1.54, 1.807) is 0 Å². The zero-order valence-electron chi connectivity index (χ0n) is 10.3. The van der Waals surface area contributed by atoms with E-state index in [0.29, 0.717) is 6.61 Å². The first-order valence-corrected chi connectivity index (χ1v) is 6.98. The average Bonchev–Trinajstić information content (AvgIpc) is 2.47. The van der Waals surface area contributed by atoms with Crippen LogP contribution in [-0.2, 0) is 6.61 Å². The molecule has 0 saturated carbocycles. The maximum atomic E-state index is 5.85. The van der Waals surface area contributed by atoms with Gasteiger partial charge in [0.25, 0.3) is 0 Å². The van der Waals surface area contributed by atoms with Gasteiger partial charge >= 0.3 is 0 Å². The molecule has 2 heteroatoms. The summed E-state index contributed by atoms with van der Waals surface area (Å²) in [5, 5.41) is 2.46. The van der Waals surface area contributed by atoms with Gasteiger partial charge in [0.2, 0.25) is 0 Å². The molecule has 19 heavy (non-hydrogen) atoms. The quantitative estimate of drug-likeness (QED) is 0.647. The van der Waals surface area contributed by atoms with Crippen molar-refractivity contribution in [3.63, 3.8) is 0 Å². The Morgan fingerprint density at radius 1 is 0.789 bits per heavy atom. The Labute approximate surface area is 121 Å². The van der Waals surface area contributed by atoms with Crippen molar-refractivity contribution in [2.75, 3.05) is 0 Å². The maximum absolute atomic E-state index is 5.85. The van der Waals surface area contributed by atoms with Gasteiger partial charge in [0.15, 0.2) is 0 Å². The minimum absolute atomic E-state index is 0.561. The molecule has 0 heterocycles. The average molecular weight is 313 g/mol. The van der Waals surface area contributed by atoms with E-state index < -0.39 is 0 Å². The molecule has 0 amide bonds. The van der Waals surface area contributed by atoms with Crippen molar-refractivity contribution in [3.05, 3.63) is 76.8 Å². The lowest BCUT2D eigenvalue weighted by molar-refractivity contribution is 0.307. The summed E-state index contributed by atoms with van der Waals surface area (Å²) in [4.78, 5) is 0. The Kier molecular flexibility index (Phi) is 3.51. The summed E-state index contributed by atoms with van der Waals surface area (Å²) in [6, 6.07) is 22.4. The lowest BCUT2D eigenvalue weighted by Gasteiger charge is -2.11. The second kappa shape index (κ2) is 5.45. The highest BCUT2D eigenvalue weighted by atomic mass is 79.9. The van der Waals surface area contributed by atoms with E-state index in [2.05, 4.69) is 52.3 Å². The molecule has 0 aliphatic carbocycles. The Bertz CT molecular complexity index is 692. The number of halogens is 1. The van der Waals surface area contributed by atoms with Crippen molar-refractivity contribution in [1.82, 2.24) is 0 Å². The zero-order valence-corrected chi connectivity index (χ0v) is 11.9. The fourth-order valence-corrected chi connectivity index (χ4v) is 2.59. The van der Waals surface area contributed by atoms with Gasteiger partial charge < -0.3 is 4.74 Å². The smallest absolute Gasteiger partial charge is 0.119 e. The normalized spacial score (nSPS) is 10.6. The molecule has 0 unspecified atom stereocenters. The van der Waals surface area contributed by atoms with Gasteiger partial charge in [-0.1, -0.05) is 64.5 Å². The first-order chi connectivity index (χ1) is 9.34. The molecule has 3 rings (SSSR count). The van der Waals surface area contributed by atoms with Gasteiger partial charge in [-0.2, -0.15) is 0 Å². The topological polar surface area (TPSA) is 9.23 Å². The standard InChI is InChI=1S/C17H13BrO/c18-17-11-10-13-6-4-5-9-15(13)16(17)12-19-14-7-2-1-3-8-14/h1-11H,12H2. The van der Waals surface area contributed by atoms with Crippen molar-refractivity contribution in [2.24, 2.45) is 0 Å². The van der Waals surface area contributed by atoms with Gasteiger partial charge in [0.1, 0.15) is 12.4 Å². The number of ether oxygens (including phenoxy) is 1. The number of hydrogen-bond donors (Lipinski definition) is 0. The molecule has 0 fully saturated rings. The molecule has 0 spiro atoms. The van der Waals surface area contributed by atoms with Gasteiger partial charge in [-0.05, 0) is 29.0 Å². The van der Waals surface area contributed by atoms with Crippen LogP contribution >= 0.6 is 15.9 Å². The number of hydrogen-bond acceptors (Lipinski definition) is 1. The second-order valence-electron chi connectivity index (χ2n) is 4.35. The largest absolute Gasteiger partial charge is 0.489 e. The van der Waals surface area contributed by atoms with E-state index in [-0.39, 0.29) is 0 Å². The number of rotatable bonds is 3. The number of fused-ring (bicyclic) bond motifs is 1. The van der Waals surface area contributed by atoms with Gasteiger partial charge in [-0.3, -0.25) is 0 Å². The molecule has 0 bridgehead atoms. The fraction of sp³-hybridized carbons (Fsp3) is 0.0588. The van der Waals surface area contributed by atoms with E-state index in [1.807, 2.05) is 30.3 Å². The predicted molar refractivity (Wildman–Crippen MR) is 82.4 cm³/mol. The van der Waals surface area contributed by atoms with Crippen LogP contribution < -0.4 is 4.74 Å². The third-order valence-electron chi connectivity index (χ3n) is 3.11. The van der Waals surface area contributed by atoms with E-state index in [9.17, 15) is 0 Å². The highest BCUT2D eigenvalue weighted by Gasteiger charge is 2.06. The minimum atomic E-state index is 0.561. The molecular formula is C17H13BrO. The zero-order chi connectivity index (χ0) is 13.1. The summed E-state index contributed by atoms with van der Waals surface area (Å²) in [5.74, 6) is 0.891. The molecule has 3 aromatic rings. The summed E-state index contributed by atoms with van der Waals surface area (Å²) in [5.41, 5.74) is 1.18. The summed E-state index contributed by atoms with van der Waals surface area (Å²) in [7, 11) is 0. The van der Waals surface area contributed by atoms with E-state index in [0.717, 1.165) is 10.2 Å². The highest BCUT2D eigenvalue weighted by molar-refractivity contribution is 9.10. The molecule has 0 aliphatic heterocycles. The first-order valence-electron chi connectivity index (χ1n) is 6.18. The Morgan fingerprint density at radius 3 is 2.37 bits per heavy atom. The second-order valence-corrected chi connectivity index (χ2v) is 5.20. The molecule has 0 aliphatic rings. The van der Waals surface area contributed by atoms with Gasteiger partial charge in [-0.25, -0.2) is 0 Å². The summed E-state index contributed by atoms with van der Waals surface area (Å²) >= 11 is 3.61. The van der Waals surface area contributed by atoms with Gasteiger partial charge in [-0.15, -0.1) is 0 Å². The van der Waals surface area contributed by atoms with Crippen LogP contribution in [0.4, 0.5) is 0 Å². The van der Waals surface area contributed by atoms with Crippen LogP contribution in [0.15, 0.2) is 71.2 Å². The molecule has 0 radical (unpaired) electrons. The summed E-state index contributed by atoms with van der Waals surface area (Å²) in [6.45, 7) is 0.561. The van der Waals surface area contributed by atoms with E-state index in [4.69, 9.17) is 4.74 Å². The van der Waals surface area contributed by atoms with Crippen molar-refractivity contribution >= 4 is 26.7 Å². The monoisotopic (exact) mass is 312 g/mol. The third kappa shape index (κ3) is 2.64. The van der Waals surface area contributed by atoms with Crippen LogP contribution in [0.5, 0.6) is 5.75 Å². The van der Waals surface area contributed by atoms with Crippen molar-refractivity contribution in [1.29, 1.82) is 0 Å². The third-order valence-corrected chi connectivity index (χ3v) is 3.85. The molecule has 0 aromatic heterocycles. The van der Waals surface area contributed by atoms with Gasteiger partial charge in [0.05, 0.1) is 0 Å². The Hall–Kier alpha value is -1.80. The molecule has 94 valence electrons. The SMILES string of the molecule is Brc1ccc2ccccc2c1COc1ccccc1. The first kappa shape index (κ1) is 12.2. The Balaban J connectivity index is 1.94. The van der Waals surface area contributed by atoms with Crippen molar-refractivity contribution in [2.45, 2.75) is 6.61 Å². The predicted octanol–water partition coefficient (Wildman–Crippen LogP) is 5.18. The number of para-hydroxylation sites is 1. The van der Waals surface area contributed by atoms with Crippen molar-refractivity contribution in [3.8, 4) is 5.75 Å². The van der Waals surface area contributed by atoms with Gasteiger partial charge in [0, 0.05) is 10.0 Å². The van der Waals surface area contributed by atoms with E-state index in [1.165, 1.54) is 16.3 Å². The maximum Gasteiger partial charge on any atom is 0.119 e. The highest BCUT2D eigenvalue weighted by Crippen LogP contribution is 2.27. The summed E-state index contributed by atoms with van der Waals surface area (Å²) < 4.78 is 6.94. The molecule has 3 aromatic carbocycles. The lowest BCUT2D eigenvalue weighted by Crippen LogP contribution is -1.97. The van der Waals surface area contributed by atoms with Crippen LogP contribution in [0.25, 0.3) is 10.8 Å². The fourth-order valence-electron chi connectivity index (χ4n) is 2.13. The van der Waals surface area contributed by atoms with Crippen LogP contribution in [0.2, 0.25) is 0 Å². The van der Waals surface area contributed by atoms with Crippen LogP contribution in [0, 0.1) is 0 Å². The van der Waals surface area contributed by atoms with Crippen LogP contribution in [0.3, 0.4) is 0 Å². The summed E-state index contributed by atoms with van der Waals surface area (Å²) in [6.07, 6.45) is 0. The van der Waals surface area contributed by atoms with Crippen LogP contribution in [-0.4, -0.2) is 0 Å². The molecule has 1 nitrogen and oxygen atoms in total. The lowest BCUT2D eigenvalue weighted by atomic mass is 10.1. The van der Waals surface area contributed by atoms with Crippen LogP contribution in [0.1, 0.15) is 5.56 Å². The number of benzene rings is 3. The minimum Gasteiger partial charge on any atom is -0.489 e. The molecular weight excluding hydrogens is 300 g/mol. The van der Waals surface area contributed by atoms with E-state index >= 15 is 0 Å². The van der Waals surface area contributed by atoms with Crippen molar-refractivity contribution < 1.29 is 4.74 Å². The Morgan fingerprint density at radius 2 is 1.53 bits per heavy atom. The molecule has 0 atom stereocenters. The molecule has 0 N–H and O–H groups in total. The molecule has 0 saturated heterocycles.